The summed E-state index contributed by atoms with van der Waals surface area (Å²) in [5.41, 5.74) is 1.37. The summed E-state index contributed by atoms with van der Waals surface area (Å²) in [5, 5.41) is 0. The van der Waals surface area contributed by atoms with Crippen LogP contribution in [0.2, 0.25) is 0 Å². The van der Waals surface area contributed by atoms with Crippen molar-refractivity contribution in [3.63, 3.8) is 0 Å². The summed E-state index contributed by atoms with van der Waals surface area (Å²) in [4.78, 5) is 0. The lowest BCUT2D eigenvalue weighted by Crippen LogP contribution is -1.87. The Kier molecular flexibility index (Phi) is 7.53. The van der Waals surface area contributed by atoms with Gasteiger partial charge in [0.1, 0.15) is 5.75 Å². The summed E-state index contributed by atoms with van der Waals surface area (Å²) >= 11 is 0. The van der Waals surface area contributed by atoms with Crippen LogP contribution in [0.1, 0.15) is 57.4 Å². The molecule has 0 bridgehead atoms. The first kappa shape index (κ1) is 14.1. The zero-order valence-corrected chi connectivity index (χ0v) is 11.0. The Morgan fingerprint density at radius 3 is 2.06 bits per heavy atom. The third kappa shape index (κ3) is 6.35. The van der Waals surface area contributed by atoms with Crippen LogP contribution in [0, 0.1) is 7.11 Å². The van der Waals surface area contributed by atoms with Gasteiger partial charge in [-0.15, -0.1) is 0 Å². The Labute approximate surface area is 106 Å². The lowest BCUT2D eigenvalue weighted by Gasteiger charge is -2.03. The van der Waals surface area contributed by atoms with E-state index in [-0.39, 0.29) is 0 Å². The maximum atomic E-state index is 5.08. The largest absolute Gasteiger partial charge is 0.482 e. The van der Waals surface area contributed by atoms with Gasteiger partial charge in [0.15, 0.2) is 7.11 Å². The molecule has 0 saturated carbocycles. The molecule has 17 heavy (non-hydrogen) atoms. The average molecular weight is 232 g/mol. The van der Waals surface area contributed by atoms with Crippen LogP contribution in [0.4, 0.5) is 0 Å². The molecule has 1 rings (SSSR count). The first-order valence-electron chi connectivity index (χ1n) is 6.82. The van der Waals surface area contributed by atoms with Gasteiger partial charge in [-0.1, -0.05) is 57.6 Å². The molecule has 0 aliphatic carbocycles. The molecule has 0 fully saturated rings. The van der Waals surface area contributed by atoms with E-state index in [9.17, 15) is 0 Å². The highest BCUT2D eigenvalue weighted by atomic mass is 16.5. The minimum absolute atomic E-state index is 0.730. The van der Waals surface area contributed by atoms with E-state index in [0.29, 0.717) is 0 Å². The quantitative estimate of drug-likeness (QED) is 0.543. The first-order valence-corrected chi connectivity index (χ1v) is 6.82. The molecule has 1 nitrogen and oxygen atoms in total. The van der Waals surface area contributed by atoms with Gasteiger partial charge >= 0.3 is 0 Å². The predicted octanol–water partition coefficient (Wildman–Crippen LogP) is 5.03. The van der Waals surface area contributed by atoms with E-state index in [4.69, 9.17) is 7.11 Å². The van der Waals surface area contributed by atoms with Crippen LogP contribution in [-0.4, -0.2) is 0 Å². The third-order valence-corrected chi connectivity index (χ3v) is 3.13. The number of hydrogen-bond acceptors (Lipinski definition) is 1. The molecule has 0 aliphatic rings. The molecular formula is C16H24O. The van der Waals surface area contributed by atoms with E-state index in [1.165, 1.54) is 56.9 Å². The van der Waals surface area contributed by atoms with Gasteiger partial charge in [0, 0.05) is 0 Å². The van der Waals surface area contributed by atoms with Gasteiger partial charge < -0.3 is 4.74 Å². The smallest absolute Gasteiger partial charge is 0.180 e. The first-order chi connectivity index (χ1) is 8.36. The standard InChI is InChI=1S/C16H24O/c1-3-4-5-6-7-8-9-10-15-11-13-16(17-2)14-12-15/h2,11-14H,3-10H2,1H3. The Bertz CT molecular complexity index is 276. The van der Waals surface area contributed by atoms with Gasteiger partial charge in [0.05, 0.1) is 0 Å². The van der Waals surface area contributed by atoms with Gasteiger partial charge in [-0.2, -0.15) is 0 Å². The predicted molar refractivity (Wildman–Crippen MR) is 73.1 cm³/mol. The maximum absolute atomic E-state index is 5.08. The number of rotatable bonds is 9. The lowest BCUT2D eigenvalue weighted by molar-refractivity contribution is 0.472. The van der Waals surface area contributed by atoms with E-state index < -0.39 is 0 Å². The van der Waals surface area contributed by atoms with Crippen LogP contribution in [0.15, 0.2) is 24.3 Å². The van der Waals surface area contributed by atoms with Crippen molar-refractivity contribution in [2.24, 2.45) is 0 Å². The maximum Gasteiger partial charge on any atom is 0.180 e. The summed E-state index contributed by atoms with van der Waals surface area (Å²) in [6.45, 7) is 2.26. The monoisotopic (exact) mass is 232 g/mol. The van der Waals surface area contributed by atoms with Crippen LogP contribution in [-0.2, 0) is 6.42 Å². The molecule has 0 atom stereocenters. The topological polar surface area (TPSA) is 9.23 Å². The summed E-state index contributed by atoms with van der Waals surface area (Å²) in [7, 11) is 5.08. The zero-order chi connectivity index (χ0) is 12.3. The molecule has 94 valence electrons. The van der Waals surface area contributed by atoms with Crippen molar-refractivity contribution in [2.75, 3.05) is 0 Å². The van der Waals surface area contributed by atoms with Crippen molar-refractivity contribution in [1.29, 1.82) is 0 Å². The van der Waals surface area contributed by atoms with Crippen LogP contribution in [0.5, 0.6) is 5.75 Å². The second-order valence-electron chi connectivity index (χ2n) is 4.63. The summed E-state index contributed by atoms with van der Waals surface area (Å²) in [5.74, 6) is 0.730. The molecule has 0 unspecified atom stereocenters. The molecule has 0 heterocycles. The van der Waals surface area contributed by atoms with Crippen molar-refractivity contribution >= 4 is 0 Å². The van der Waals surface area contributed by atoms with Crippen molar-refractivity contribution in [2.45, 2.75) is 58.3 Å². The Balaban J connectivity index is 2.05. The van der Waals surface area contributed by atoms with Crippen LogP contribution < -0.4 is 4.74 Å². The highest BCUT2D eigenvalue weighted by Gasteiger charge is 1.95. The minimum Gasteiger partial charge on any atom is -0.482 e. The molecular weight excluding hydrogens is 208 g/mol. The Morgan fingerprint density at radius 1 is 0.882 bits per heavy atom. The fourth-order valence-corrected chi connectivity index (χ4v) is 2.02. The molecule has 1 aromatic carbocycles. The second-order valence-corrected chi connectivity index (χ2v) is 4.63. The summed E-state index contributed by atoms with van der Waals surface area (Å²) in [6.07, 6.45) is 10.7. The molecule has 0 N–H and O–H groups in total. The summed E-state index contributed by atoms with van der Waals surface area (Å²) in [6, 6.07) is 8.05. The summed E-state index contributed by atoms with van der Waals surface area (Å²) < 4.78 is 4.65. The van der Waals surface area contributed by atoms with Crippen LogP contribution in [0.25, 0.3) is 0 Å². The van der Waals surface area contributed by atoms with Crippen molar-refractivity contribution in [1.82, 2.24) is 0 Å². The number of aryl methyl sites for hydroxylation is 1. The number of hydrogen-bond donors (Lipinski definition) is 0. The highest BCUT2D eigenvalue weighted by molar-refractivity contribution is 5.27. The molecule has 0 aromatic heterocycles. The molecule has 0 amide bonds. The van der Waals surface area contributed by atoms with Crippen molar-refractivity contribution in [3.05, 3.63) is 36.9 Å². The molecule has 0 saturated heterocycles. The third-order valence-electron chi connectivity index (χ3n) is 3.13. The zero-order valence-electron chi connectivity index (χ0n) is 11.0. The number of ether oxygens (including phenoxy) is 1. The average Bonchev–Trinajstić information content (AvgIpc) is 2.38. The van der Waals surface area contributed by atoms with Gasteiger partial charge in [0.2, 0.25) is 0 Å². The lowest BCUT2D eigenvalue weighted by atomic mass is 10.0. The van der Waals surface area contributed by atoms with Crippen LogP contribution >= 0.6 is 0 Å². The van der Waals surface area contributed by atoms with Gasteiger partial charge in [-0.25, -0.2) is 0 Å². The Hall–Kier alpha value is -0.980. The van der Waals surface area contributed by atoms with E-state index in [2.05, 4.69) is 23.8 Å². The van der Waals surface area contributed by atoms with E-state index >= 15 is 0 Å². The second kappa shape index (κ2) is 9.09. The fourth-order valence-electron chi connectivity index (χ4n) is 2.02. The number of benzene rings is 1. The van der Waals surface area contributed by atoms with Gasteiger partial charge in [-0.3, -0.25) is 0 Å². The minimum atomic E-state index is 0.730. The van der Waals surface area contributed by atoms with Crippen molar-refractivity contribution < 1.29 is 4.74 Å². The van der Waals surface area contributed by atoms with Gasteiger partial charge in [-0.05, 0) is 30.5 Å². The van der Waals surface area contributed by atoms with E-state index in [1.807, 2.05) is 12.1 Å². The fraction of sp³-hybridized carbons (Fsp3) is 0.562. The van der Waals surface area contributed by atoms with Gasteiger partial charge in [0.25, 0.3) is 0 Å². The normalized spacial score (nSPS) is 10.5. The van der Waals surface area contributed by atoms with Crippen molar-refractivity contribution in [3.8, 4) is 5.75 Å². The Morgan fingerprint density at radius 2 is 1.47 bits per heavy atom. The molecule has 2 radical (unpaired) electrons. The molecule has 0 aliphatic heterocycles. The van der Waals surface area contributed by atoms with E-state index in [1.54, 1.807) is 0 Å². The SMILES string of the molecule is [CH]Oc1ccc(CCCCCCCCC)cc1. The molecule has 0 spiro atoms. The van der Waals surface area contributed by atoms with Crippen LogP contribution in [0.3, 0.4) is 0 Å². The molecule has 1 aromatic rings. The highest BCUT2D eigenvalue weighted by Crippen LogP contribution is 2.14. The number of unbranched alkanes of at least 4 members (excludes halogenated alkanes) is 6. The molecule has 1 heteroatoms. The van der Waals surface area contributed by atoms with E-state index in [0.717, 1.165) is 5.75 Å².